The van der Waals surface area contributed by atoms with Crippen molar-refractivity contribution in [1.82, 2.24) is 0 Å². The van der Waals surface area contributed by atoms with E-state index in [0.717, 1.165) is 6.42 Å². The first-order chi connectivity index (χ1) is 8.82. The Labute approximate surface area is 111 Å². The van der Waals surface area contributed by atoms with Crippen molar-refractivity contribution in [1.29, 1.82) is 0 Å². The third-order valence-corrected chi connectivity index (χ3v) is 3.40. The van der Waals surface area contributed by atoms with Crippen molar-refractivity contribution in [3.05, 3.63) is 27.8 Å². The molecule has 0 unspecified atom stereocenters. The lowest BCUT2D eigenvalue weighted by Gasteiger charge is -2.26. The number of nitrogens with one attached hydrogen (secondary N) is 2. The Balaban J connectivity index is 2.45. The maximum Gasteiger partial charge on any atom is 0.292 e. The fourth-order valence-corrected chi connectivity index (χ4v) is 1.97. The van der Waals surface area contributed by atoms with Gasteiger partial charge in [0.15, 0.2) is 0 Å². The summed E-state index contributed by atoms with van der Waals surface area (Å²) in [4.78, 5) is 22.1. The molecule has 0 spiro atoms. The van der Waals surface area contributed by atoms with Crippen LogP contribution in [-0.2, 0) is 11.2 Å². The molecule has 2 rings (SSSR count). The minimum absolute atomic E-state index is 0.0109. The molecule has 19 heavy (non-hydrogen) atoms. The van der Waals surface area contributed by atoms with Crippen LogP contribution >= 0.6 is 0 Å². The average molecular weight is 263 g/mol. The van der Waals surface area contributed by atoms with Crippen LogP contribution in [0.1, 0.15) is 32.8 Å². The van der Waals surface area contributed by atoms with Gasteiger partial charge in [0.1, 0.15) is 5.69 Å². The molecule has 1 amide bonds. The summed E-state index contributed by atoms with van der Waals surface area (Å²) in [7, 11) is 0. The Morgan fingerprint density at radius 3 is 2.74 bits per heavy atom. The molecule has 6 nitrogen and oxygen atoms in total. The molecule has 0 bridgehead atoms. The second kappa shape index (κ2) is 4.53. The highest BCUT2D eigenvalue weighted by Crippen LogP contribution is 2.36. The smallest absolute Gasteiger partial charge is 0.292 e. The Morgan fingerprint density at radius 2 is 2.16 bits per heavy atom. The number of nitrogens with zero attached hydrogens (tertiary/aromatic N) is 1. The first-order valence-corrected chi connectivity index (χ1v) is 6.22. The number of nitro benzene ring substituents is 1. The number of nitro groups is 1. The zero-order chi connectivity index (χ0) is 14.2. The van der Waals surface area contributed by atoms with Crippen LogP contribution in [-0.4, -0.2) is 16.4 Å². The van der Waals surface area contributed by atoms with Gasteiger partial charge >= 0.3 is 0 Å². The molecule has 0 aliphatic carbocycles. The number of rotatable bonds is 4. The lowest BCUT2D eigenvalue weighted by molar-refractivity contribution is -0.384. The van der Waals surface area contributed by atoms with E-state index in [1.54, 1.807) is 6.07 Å². The predicted molar refractivity (Wildman–Crippen MR) is 73.4 cm³/mol. The van der Waals surface area contributed by atoms with Gasteiger partial charge in [0.25, 0.3) is 5.69 Å². The fourth-order valence-electron chi connectivity index (χ4n) is 1.97. The summed E-state index contributed by atoms with van der Waals surface area (Å²) in [5.41, 5.74) is 1.54. The van der Waals surface area contributed by atoms with Gasteiger partial charge in [0.2, 0.25) is 5.91 Å². The largest absolute Gasteiger partial charge is 0.375 e. The van der Waals surface area contributed by atoms with Crippen LogP contribution in [0.4, 0.5) is 17.1 Å². The third kappa shape index (κ3) is 2.67. The third-order valence-electron chi connectivity index (χ3n) is 3.40. The topological polar surface area (TPSA) is 84.3 Å². The summed E-state index contributed by atoms with van der Waals surface area (Å²) in [6, 6.07) is 3.12. The molecule has 1 aliphatic heterocycles. The second-order valence-electron chi connectivity index (χ2n) is 5.37. The first kappa shape index (κ1) is 13.3. The van der Waals surface area contributed by atoms with Crippen LogP contribution in [0, 0.1) is 10.1 Å². The minimum atomic E-state index is -0.419. The van der Waals surface area contributed by atoms with Crippen LogP contribution < -0.4 is 10.6 Å². The van der Waals surface area contributed by atoms with Gasteiger partial charge in [-0.3, -0.25) is 14.9 Å². The van der Waals surface area contributed by atoms with Crippen molar-refractivity contribution < 1.29 is 9.72 Å². The van der Waals surface area contributed by atoms with Crippen LogP contribution in [0.15, 0.2) is 12.1 Å². The maximum absolute atomic E-state index is 11.3. The predicted octanol–water partition coefficient (Wildman–Crippen LogP) is 2.69. The summed E-state index contributed by atoms with van der Waals surface area (Å²) < 4.78 is 0. The first-order valence-electron chi connectivity index (χ1n) is 6.22. The molecule has 0 saturated carbocycles. The van der Waals surface area contributed by atoms with Crippen molar-refractivity contribution in [3.8, 4) is 0 Å². The van der Waals surface area contributed by atoms with Gasteiger partial charge in [-0.1, -0.05) is 6.92 Å². The summed E-state index contributed by atoms with van der Waals surface area (Å²) >= 11 is 0. The number of fused-ring (bicyclic) bond motifs is 1. The summed E-state index contributed by atoms with van der Waals surface area (Å²) in [6.07, 6.45) is 1.03. The number of benzene rings is 1. The van der Waals surface area contributed by atoms with E-state index >= 15 is 0 Å². The molecular formula is C13H17N3O3. The highest BCUT2D eigenvalue weighted by Gasteiger charge is 2.27. The highest BCUT2D eigenvalue weighted by molar-refractivity contribution is 6.00. The van der Waals surface area contributed by atoms with E-state index in [1.165, 1.54) is 6.07 Å². The summed E-state index contributed by atoms with van der Waals surface area (Å²) in [5, 5.41) is 17.0. The molecular weight excluding hydrogens is 246 g/mol. The van der Waals surface area contributed by atoms with Crippen molar-refractivity contribution in [2.45, 2.75) is 39.2 Å². The number of amides is 1. The number of carbonyl (C=O) groups is 1. The van der Waals surface area contributed by atoms with E-state index < -0.39 is 4.92 Å². The van der Waals surface area contributed by atoms with Crippen molar-refractivity contribution in [3.63, 3.8) is 0 Å². The normalized spacial score (nSPS) is 13.9. The standard InChI is InChI=1S/C13H17N3O3/c1-4-13(2,3)15-10-7-9-8(6-12(17)14-9)5-11(10)16(18)19/h5,7,15H,4,6H2,1-3H3,(H,14,17). The zero-order valence-electron chi connectivity index (χ0n) is 11.2. The Hall–Kier alpha value is -2.11. The SMILES string of the molecule is CCC(C)(C)Nc1cc2c(cc1[N+](=O)[O-])CC(=O)N2. The average Bonchev–Trinajstić information content (AvgIpc) is 2.66. The molecule has 1 heterocycles. The van der Waals surface area contributed by atoms with E-state index in [4.69, 9.17) is 0 Å². The Kier molecular flexibility index (Phi) is 3.18. The molecule has 2 N–H and O–H groups in total. The molecule has 0 aromatic heterocycles. The molecule has 0 atom stereocenters. The van der Waals surface area contributed by atoms with E-state index in [9.17, 15) is 14.9 Å². The Bertz CT molecular complexity index is 552. The molecule has 1 aromatic carbocycles. The lowest BCUT2D eigenvalue weighted by atomic mass is 10.0. The monoisotopic (exact) mass is 263 g/mol. The van der Waals surface area contributed by atoms with E-state index in [0.29, 0.717) is 16.9 Å². The fraction of sp³-hybridized carbons (Fsp3) is 0.462. The van der Waals surface area contributed by atoms with Gasteiger partial charge in [-0.05, 0) is 31.9 Å². The van der Waals surface area contributed by atoms with Gasteiger partial charge < -0.3 is 10.6 Å². The van der Waals surface area contributed by atoms with Crippen LogP contribution in [0.2, 0.25) is 0 Å². The van der Waals surface area contributed by atoms with E-state index in [-0.39, 0.29) is 23.6 Å². The van der Waals surface area contributed by atoms with Crippen molar-refractivity contribution in [2.24, 2.45) is 0 Å². The van der Waals surface area contributed by atoms with Crippen molar-refractivity contribution >= 4 is 23.0 Å². The number of anilines is 2. The van der Waals surface area contributed by atoms with E-state index in [2.05, 4.69) is 10.6 Å². The maximum atomic E-state index is 11.3. The summed E-state index contributed by atoms with van der Waals surface area (Å²) in [6.45, 7) is 5.96. The number of hydrogen-bond donors (Lipinski definition) is 2. The molecule has 0 saturated heterocycles. The van der Waals surface area contributed by atoms with Gasteiger partial charge in [-0.25, -0.2) is 0 Å². The molecule has 1 aromatic rings. The van der Waals surface area contributed by atoms with Gasteiger partial charge in [-0.15, -0.1) is 0 Å². The lowest BCUT2D eigenvalue weighted by Crippen LogP contribution is -2.30. The van der Waals surface area contributed by atoms with Gasteiger partial charge in [0, 0.05) is 17.3 Å². The van der Waals surface area contributed by atoms with Crippen LogP contribution in [0.5, 0.6) is 0 Å². The minimum Gasteiger partial charge on any atom is -0.375 e. The number of hydrogen-bond acceptors (Lipinski definition) is 4. The van der Waals surface area contributed by atoms with Gasteiger partial charge in [0.05, 0.1) is 11.3 Å². The molecule has 6 heteroatoms. The molecule has 1 aliphatic rings. The van der Waals surface area contributed by atoms with Crippen molar-refractivity contribution in [2.75, 3.05) is 10.6 Å². The Morgan fingerprint density at radius 1 is 1.47 bits per heavy atom. The number of carbonyl (C=O) groups excluding carboxylic acids is 1. The second-order valence-corrected chi connectivity index (χ2v) is 5.37. The van der Waals surface area contributed by atoms with Crippen LogP contribution in [0.25, 0.3) is 0 Å². The zero-order valence-corrected chi connectivity index (χ0v) is 11.2. The molecule has 102 valence electrons. The van der Waals surface area contributed by atoms with Gasteiger partial charge in [-0.2, -0.15) is 0 Å². The van der Waals surface area contributed by atoms with E-state index in [1.807, 2.05) is 20.8 Å². The van der Waals surface area contributed by atoms with Crippen LogP contribution in [0.3, 0.4) is 0 Å². The molecule has 0 radical (unpaired) electrons. The highest BCUT2D eigenvalue weighted by atomic mass is 16.6. The molecule has 0 fully saturated rings. The quantitative estimate of drug-likeness (QED) is 0.646. The summed E-state index contributed by atoms with van der Waals surface area (Å²) in [5.74, 6) is -0.129.